The number of halogens is 3. The van der Waals surface area contributed by atoms with Crippen molar-refractivity contribution in [1.82, 2.24) is 0 Å². The van der Waals surface area contributed by atoms with Crippen LogP contribution in [0.1, 0.15) is 19.8 Å². The Balaban J connectivity index is 4.62. The molecule has 0 N–H and O–H groups in total. The third kappa shape index (κ3) is 2.36. The van der Waals surface area contributed by atoms with Crippen molar-refractivity contribution in [1.29, 1.82) is 0 Å². The molecule has 74 valence electrons. The molecule has 0 saturated heterocycles. The second-order valence-electron chi connectivity index (χ2n) is 2.59. The van der Waals surface area contributed by atoms with Gasteiger partial charge in [0.25, 0.3) is 0 Å². The van der Waals surface area contributed by atoms with Crippen LogP contribution in [0.15, 0.2) is 0 Å². The van der Waals surface area contributed by atoms with Gasteiger partial charge < -0.3 is 0 Å². The van der Waals surface area contributed by atoms with Crippen molar-refractivity contribution in [3.05, 3.63) is 0 Å². The predicted octanol–water partition coefficient (Wildman–Crippen LogP) is 1.76. The first kappa shape index (κ1) is 11.7. The Morgan fingerprint density at radius 3 is 2.08 bits per heavy atom. The van der Waals surface area contributed by atoms with Gasteiger partial charge in [0.05, 0.1) is 0 Å². The molecule has 6 heteroatoms. The van der Waals surface area contributed by atoms with Crippen LogP contribution in [-0.4, -0.2) is 26.1 Å². The lowest BCUT2D eigenvalue weighted by Gasteiger charge is -2.17. The lowest BCUT2D eigenvalue weighted by atomic mass is 10.2. The largest absolute Gasteiger partial charge is 0.375 e. The molecule has 0 aliphatic heterocycles. The van der Waals surface area contributed by atoms with Crippen LogP contribution in [0.4, 0.5) is 13.2 Å². The highest BCUT2D eigenvalue weighted by Crippen LogP contribution is 2.29. The summed E-state index contributed by atoms with van der Waals surface area (Å²) in [6, 6.07) is 0. The number of rotatable bonds is 4. The zero-order chi connectivity index (χ0) is 9.99. The van der Waals surface area contributed by atoms with E-state index in [1.54, 1.807) is 0 Å². The number of hydrogen-bond donors (Lipinski definition) is 0. The van der Waals surface area contributed by atoms with Crippen LogP contribution < -0.4 is 0 Å². The monoisotopic (exact) mass is 204 g/mol. The van der Waals surface area contributed by atoms with Crippen LogP contribution in [-0.2, 0) is 9.84 Å². The first-order valence-electron chi connectivity index (χ1n) is 3.45. The van der Waals surface area contributed by atoms with E-state index in [4.69, 9.17) is 0 Å². The Morgan fingerprint density at radius 1 is 1.42 bits per heavy atom. The van der Waals surface area contributed by atoms with Crippen molar-refractivity contribution < 1.29 is 21.6 Å². The summed E-state index contributed by atoms with van der Waals surface area (Å²) in [5, 5.41) is -4.25. The standard InChI is InChI=1S/C6H11F3O2S/c1-3-4-5(7)6(8,9)12(2,10)11/h5H,3-4H2,1-2H3. The third-order valence-corrected chi connectivity index (χ3v) is 2.65. The summed E-state index contributed by atoms with van der Waals surface area (Å²) in [6.07, 6.45) is -2.53. The quantitative estimate of drug-likeness (QED) is 0.699. The minimum atomic E-state index is -4.63. The zero-order valence-corrected chi connectivity index (χ0v) is 7.67. The Labute approximate surface area is 69.7 Å². The van der Waals surface area contributed by atoms with Gasteiger partial charge in [0.15, 0.2) is 6.17 Å². The van der Waals surface area contributed by atoms with E-state index in [2.05, 4.69) is 0 Å². The molecule has 0 saturated carbocycles. The van der Waals surface area contributed by atoms with Gasteiger partial charge in [0, 0.05) is 6.26 Å². The maximum Gasteiger partial charge on any atom is 0.375 e. The van der Waals surface area contributed by atoms with E-state index in [1.807, 2.05) is 0 Å². The van der Waals surface area contributed by atoms with Crippen LogP contribution in [0.25, 0.3) is 0 Å². The van der Waals surface area contributed by atoms with Gasteiger partial charge in [-0.3, -0.25) is 0 Å². The maximum absolute atomic E-state index is 12.5. The van der Waals surface area contributed by atoms with Crippen LogP contribution in [0.5, 0.6) is 0 Å². The lowest BCUT2D eigenvalue weighted by Crippen LogP contribution is -2.38. The molecule has 0 aromatic rings. The second-order valence-corrected chi connectivity index (χ2v) is 4.68. The molecule has 12 heavy (non-hydrogen) atoms. The summed E-state index contributed by atoms with van der Waals surface area (Å²) in [5.74, 6) is 0. The zero-order valence-electron chi connectivity index (χ0n) is 6.85. The summed E-state index contributed by atoms with van der Waals surface area (Å²) in [7, 11) is -4.63. The Morgan fingerprint density at radius 2 is 1.83 bits per heavy atom. The van der Waals surface area contributed by atoms with Crippen LogP contribution in [0, 0.1) is 0 Å². The fourth-order valence-electron chi connectivity index (χ4n) is 0.654. The van der Waals surface area contributed by atoms with Gasteiger partial charge in [0.2, 0.25) is 9.84 Å². The van der Waals surface area contributed by atoms with Gasteiger partial charge in [-0.15, -0.1) is 0 Å². The van der Waals surface area contributed by atoms with Crippen molar-refractivity contribution in [2.75, 3.05) is 6.26 Å². The van der Waals surface area contributed by atoms with E-state index in [0.29, 0.717) is 6.26 Å². The van der Waals surface area contributed by atoms with Crippen molar-refractivity contribution in [3.63, 3.8) is 0 Å². The summed E-state index contributed by atoms with van der Waals surface area (Å²) in [6.45, 7) is 1.50. The average Bonchev–Trinajstić information content (AvgIpc) is 1.85. The molecule has 0 heterocycles. The summed E-state index contributed by atoms with van der Waals surface area (Å²) >= 11 is 0. The van der Waals surface area contributed by atoms with E-state index in [9.17, 15) is 21.6 Å². The normalized spacial score (nSPS) is 16.1. The van der Waals surface area contributed by atoms with Gasteiger partial charge in [-0.1, -0.05) is 13.3 Å². The first-order chi connectivity index (χ1) is 5.23. The molecule has 0 aliphatic rings. The fourth-order valence-corrected chi connectivity index (χ4v) is 1.24. The molecule has 0 aromatic carbocycles. The molecule has 0 fully saturated rings. The molecule has 1 atom stereocenters. The minimum absolute atomic E-state index is 0.187. The molecule has 0 bridgehead atoms. The molecule has 1 unspecified atom stereocenters. The Bertz CT molecular complexity index is 235. The molecule has 0 aliphatic carbocycles. The topological polar surface area (TPSA) is 34.1 Å². The van der Waals surface area contributed by atoms with Crippen LogP contribution >= 0.6 is 0 Å². The number of sulfone groups is 1. The molecule has 2 nitrogen and oxygen atoms in total. The van der Waals surface area contributed by atoms with Gasteiger partial charge in [-0.2, -0.15) is 8.78 Å². The van der Waals surface area contributed by atoms with Crippen molar-refractivity contribution in [2.45, 2.75) is 31.2 Å². The van der Waals surface area contributed by atoms with Gasteiger partial charge in [-0.05, 0) is 6.42 Å². The number of alkyl halides is 3. The van der Waals surface area contributed by atoms with Crippen molar-refractivity contribution in [2.24, 2.45) is 0 Å². The number of hydrogen-bond acceptors (Lipinski definition) is 2. The van der Waals surface area contributed by atoms with E-state index in [1.165, 1.54) is 6.92 Å². The summed E-state index contributed by atoms with van der Waals surface area (Å²) < 4.78 is 58.4. The molecule has 0 aromatic heterocycles. The molecule has 0 rings (SSSR count). The molecule has 0 radical (unpaired) electrons. The highest BCUT2D eigenvalue weighted by molar-refractivity contribution is 7.91. The Kier molecular flexibility index (Phi) is 3.56. The van der Waals surface area contributed by atoms with Crippen molar-refractivity contribution >= 4 is 9.84 Å². The summed E-state index contributed by atoms with van der Waals surface area (Å²) in [5.41, 5.74) is 0. The van der Waals surface area contributed by atoms with Gasteiger partial charge in [0.1, 0.15) is 0 Å². The second kappa shape index (κ2) is 3.64. The first-order valence-corrected chi connectivity index (χ1v) is 5.34. The molecular formula is C6H11F3O2S. The summed E-state index contributed by atoms with van der Waals surface area (Å²) in [4.78, 5) is 0. The molecule has 0 spiro atoms. The maximum atomic E-state index is 12.5. The Hall–Kier alpha value is -0.260. The highest BCUT2D eigenvalue weighted by Gasteiger charge is 2.49. The average molecular weight is 204 g/mol. The van der Waals surface area contributed by atoms with Crippen LogP contribution in [0.2, 0.25) is 0 Å². The van der Waals surface area contributed by atoms with E-state index in [0.717, 1.165) is 0 Å². The molecule has 0 amide bonds. The molecular weight excluding hydrogens is 193 g/mol. The van der Waals surface area contributed by atoms with Gasteiger partial charge >= 0.3 is 5.25 Å². The highest BCUT2D eigenvalue weighted by atomic mass is 32.2. The lowest BCUT2D eigenvalue weighted by molar-refractivity contribution is 0.00145. The van der Waals surface area contributed by atoms with Crippen LogP contribution in [0.3, 0.4) is 0 Å². The third-order valence-electron chi connectivity index (χ3n) is 1.40. The van der Waals surface area contributed by atoms with E-state index >= 15 is 0 Å². The predicted molar refractivity (Wildman–Crippen MR) is 39.6 cm³/mol. The van der Waals surface area contributed by atoms with E-state index in [-0.39, 0.29) is 6.42 Å². The van der Waals surface area contributed by atoms with E-state index < -0.39 is 27.7 Å². The van der Waals surface area contributed by atoms with Crippen molar-refractivity contribution in [3.8, 4) is 0 Å². The fraction of sp³-hybridized carbons (Fsp3) is 1.00. The smallest absolute Gasteiger partial charge is 0.240 e. The van der Waals surface area contributed by atoms with Gasteiger partial charge in [-0.25, -0.2) is 12.8 Å². The minimum Gasteiger partial charge on any atom is -0.240 e. The SMILES string of the molecule is CCCC(F)C(F)(F)S(C)(=O)=O.